The van der Waals surface area contributed by atoms with E-state index >= 15 is 0 Å². The van der Waals surface area contributed by atoms with E-state index in [1.54, 1.807) is 39.5 Å². The molecule has 154 valence electrons. The summed E-state index contributed by atoms with van der Waals surface area (Å²) in [6.45, 7) is 0. The molecule has 0 heterocycles. The Morgan fingerprint density at radius 3 is 2.31 bits per heavy atom. The molecule has 0 saturated heterocycles. The Hall–Kier alpha value is -2.60. The van der Waals surface area contributed by atoms with Crippen LogP contribution in [-0.2, 0) is 4.79 Å². The highest BCUT2D eigenvalue weighted by Gasteiger charge is 2.18. The second kappa shape index (κ2) is 10.3. The van der Waals surface area contributed by atoms with E-state index in [-0.39, 0.29) is 5.91 Å². The van der Waals surface area contributed by atoms with Gasteiger partial charge in [-0.3, -0.25) is 4.79 Å². The van der Waals surface area contributed by atoms with Crippen LogP contribution in [0.5, 0.6) is 17.2 Å². The quantitative estimate of drug-likeness (QED) is 0.587. The Kier molecular flexibility index (Phi) is 7.47. The highest BCUT2D eigenvalue weighted by atomic mass is 32.2. The van der Waals surface area contributed by atoms with Gasteiger partial charge in [0.25, 0.3) is 0 Å². The summed E-state index contributed by atoms with van der Waals surface area (Å²) in [6.07, 6.45) is 8.32. The maximum Gasteiger partial charge on any atom is 0.248 e. The number of carbonyl (C=O) groups is 1. The van der Waals surface area contributed by atoms with Crippen LogP contribution in [0.1, 0.15) is 31.2 Å². The molecule has 1 amide bonds. The molecule has 0 aliphatic heterocycles. The predicted molar refractivity (Wildman–Crippen MR) is 118 cm³/mol. The monoisotopic (exact) mass is 413 g/mol. The molecule has 0 atom stereocenters. The number of ether oxygens (including phenoxy) is 3. The summed E-state index contributed by atoms with van der Waals surface area (Å²) in [5.74, 6) is 1.43. The fraction of sp³-hybridized carbons (Fsp3) is 0.348. The van der Waals surface area contributed by atoms with Crippen LogP contribution in [0.3, 0.4) is 0 Å². The van der Waals surface area contributed by atoms with Crippen molar-refractivity contribution < 1.29 is 19.0 Å². The molecule has 0 radical (unpaired) electrons. The van der Waals surface area contributed by atoms with E-state index in [1.165, 1.54) is 31.8 Å². The van der Waals surface area contributed by atoms with Crippen molar-refractivity contribution in [2.24, 2.45) is 0 Å². The average molecular weight is 414 g/mol. The van der Waals surface area contributed by atoms with Gasteiger partial charge < -0.3 is 19.5 Å². The molecule has 0 bridgehead atoms. The molecule has 1 aliphatic rings. The average Bonchev–Trinajstić information content (AvgIpc) is 3.26. The molecule has 6 heteroatoms. The van der Waals surface area contributed by atoms with Gasteiger partial charge >= 0.3 is 0 Å². The number of methoxy groups -OCH3 is 3. The minimum absolute atomic E-state index is 0.182. The van der Waals surface area contributed by atoms with Crippen LogP contribution in [0.2, 0.25) is 0 Å². The molecule has 1 aliphatic carbocycles. The summed E-state index contributed by atoms with van der Waals surface area (Å²) >= 11 is 1.86. The zero-order valence-electron chi connectivity index (χ0n) is 17.1. The van der Waals surface area contributed by atoms with E-state index in [1.807, 2.05) is 30.0 Å². The number of nitrogens with one attached hydrogen (secondary N) is 1. The van der Waals surface area contributed by atoms with Gasteiger partial charge in [0.05, 0.1) is 27.0 Å². The topological polar surface area (TPSA) is 56.8 Å². The third kappa shape index (κ3) is 5.48. The van der Waals surface area contributed by atoms with Gasteiger partial charge in [0, 0.05) is 16.2 Å². The van der Waals surface area contributed by atoms with Crippen molar-refractivity contribution in [1.82, 2.24) is 0 Å². The lowest BCUT2D eigenvalue weighted by molar-refractivity contribution is -0.111. The Labute approximate surface area is 176 Å². The zero-order valence-corrected chi connectivity index (χ0v) is 17.9. The van der Waals surface area contributed by atoms with Crippen LogP contribution in [0.4, 0.5) is 5.69 Å². The fourth-order valence-corrected chi connectivity index (χ4v) is 4.73. The van der Waals surface area contributed by atoms with Gasteiger partial charge in [-0.25, -0.2) is 0 Å². The standard InChI is InChI=1S/C23H27NO4S/c1-26-19-14-16(15-20(27-2)23(19)28-3)12-13-22(25)24-18-10-6-7-11-21(18)29-17-8-4-5-9-17/h6-7,10-15,17H,4-5,8-9H2,1-3H3,(H,24,25)/b13-12+. The smallest absolute Gasteiger partial charge is 0.248 e. The van der Waals surface area contributed by atoms with Gasteiger partial charge in [0.15, 0.2) is 11.5 Å². The number of anilines is 1. The van der Waals surface area contributed by atoms with Crippen LogP contribution >= 0.6 is 11.8 Å². The van der Waals surface area contributed by atoms with Crippen molar-refractivity contribution in [3.63, 3.8) is 0 Å². The molecular weight excluding hydrogens is 386 g/mol. The maximum atomic E-state index is 12.5. The van der Waals surface area contributed by atoms with Gasteiger partial charge in [0.1, 0.15) is 0 Å². The van der Waals surface area contributed by atoms with Crippen LogP contribution < -0.4 is 19.5 Å². The summed E-state index contributed by atoms with van der Waals surface area (Å²) in [5, 5.41) is 3.64. The first-order valence-corrected chi connectivity index (χ1v) is 10.6. The summed E-state index contributed by atoms with van der Waals surface area (Å²) in [5.41, 5.74) is 1.63. The van der Waals surface area contributed by atoms with Gasteiger partial charge in [0.2, 0.25) is 11.7 Å². The molecule has 2 aromatic carbocycles. The van der Waals surface area contributed by atoms with Gasteiger partial charge in [-0.15, -0.1) is 11.8 Å². The van der Waals surface area contributed by atoms with Crippen molar-refractivity contribution in [2.75, 3.05) is 26.6 Å². The van der Waals surface area contributed by atoms with E-state index in [4.69, 9.17) is 14.2 Å². The lowest BCUT2D eigenvalue weighted by Gasteiger charge is -2.13. The van der Waals surface area contributed by atoms with E-state index in [0.717, 1.165) is 16.1 Å². The van der Waals surface area contributed by atoms with E-state index in [2.05, 4.69) is 11.4 Å². The third-order valence-corrected chi connectivity index (χ3v) is 6.27. The van der Waals surface area contributed by atoms with Gasteiger partial charge in [-0.1, -0.05) is 25.0 Å². The Morgan fingerprint density at radius 1 is 1.03 bits per heavy atom. The molecule has 3 rings (SSSR count). The lowest BCUT2D eigenvalue weighted by Crippen LogP contribution is -2.09. The molecule has 0 aromatic heterocycles. The highest BCUT2D eigenvalue weighted by molar-refractivity contribution is 8.00. The van der Waals surface area contributed by atoms with Crippen LogP contribution in [0.25, 0.3) is 6.08 Å². The van der Waals surface area contributed by atoms with Crippen molar-refractivity contribution in [1.29, 1.82) is 0 Å². The molecular formula is C23H27NO4S. The first-order chi connectivity index (χ1) is 14.1. The fourth-order valence-electron chi connectivity index (χ4n) is 3.40. The van der Waals surface area contributed by atoms with Crippen molar-refractivity contribution in [3.05, 3.63) is 48.0 Å². The Morgan fingerprint density at radius 2 is 1.69 bits per heavy atom. The minimum Gasteiger partial charge on any atom is -0.493 e. The molecule has 2 aromatic rings. The summed E-state index contributed by atoms with van der Waals surface area (Å²) in [6, 6.07) is 11.6. The Bertz CT molecular complexity index is 850. The summed E-state index contributed by atoms with van der Waals surface area (Å²) in [7, 11) is 4.69. The van der Waals surface area contributed by atoms with E-state index < -0.39 is 0 Å². The van der Waals surface area contributed by atoms with Crippen LogP contribution in [0.15, 0.2) is 47.4 Å². The number of hydrogen-bond donors (Lipinski definition) is 1. The lowest BCUT2D eigenvalue weighted by atomic mass is 10.1. The van der Waals surface area contributed by atoms with Crippen molar-refractivity contribution >= 4 is 29.4 Å². The summed E-state index contributed by atoms with van der Waals surface area (Å²) in [4.78, 5) is 13.6. The number of thioether (sulfide) groups is 1. The van der Waals surface area contributed by atoms with Crippen molar-refractivity contribution in [2.45, 2.75) is 35.8 Å². The van der Waals surface area contributed by atoms with Crippen LogP contribution in [0, 0.1) is 0 Å². The highest BCUT2D eigenvalue weighted by Crippen LogP contribution is 2.39. The molecule has 29 heavy (non-hydrogen) atoms. The number of hydrogen-bond acceptors (Lipinski definition) is 5. The van der Waals surface area contributed by atoms with Crippen LogP contribution in [-0.4, -0.2) is 32.5 Å². The molecule has 1 fully saturated rings. The number of carbonyl (C=O) groups excluding carboxylic acids is 1. The second-order valence-electron chi connectivity index (χ2n) is 6.80. The van der Waals surface area contributed by atoms with E-state index in [0.29, 0.717) is 22.5 Å². The number of amides is 1. The summed E-state index contributed by atoms with van der Waals surface area (Å²) < 4.78 is 16.0. The predicted octanol–water partition coefficient (Wildman–Crippen LogP) is 5.40. The third-order valence-electron chi connectivity index (χ3n) is 4.85. The number of para-hydroxylation sites is 1. The number of benzene rings is 2. The Balaban J connectivity index is 1.72. The molecule has 5 nitrogen and oxygen atoms in total. The van der Waals surface area contributed by atoms with Gasteiger partial charge in [-0.2, -0.15) is 0 Å². The largest absolute Gasteiger partial charge is 0.493 e. The SMILES string of the molecule is COc1cc(/C=C/C(=O)Nc2ccccc2SC2CCCC2)cc(OC)c1OC. The van der Waals surface area contributed by atoms with Crippen molar-refractivity contribution in [3.8, 4) is 17.2 Å². The minimum atomic E-state index is -0.182. The number of rotatable bonds is 8. The first kappa shape index (κ1) is 21.1. The normalized spacial score (nSPS) is 14.2. The molecule has 1 N–H and O–H groups in total. The molecule has 0 unspecified atom stereocenters. The van der Waals surface area contributed by atoms with Gasteiger partial charge in [-0.05, 0) is 48.7 Å². The maximum absolute atomic E-state index is 12.5. The molecule has 0 spiro atoms. The first-order valence-electron chi connectivity index (χ1n) is 9.69. The molecule has 1 saturated carbocycles. The zero-order chi connectivity index (χ0) is 20.6. The second-order valence-corrected chi connectivity index (χ2v) is 8.14. The van der Waals surface area contributed by atoms with E-state index in [9.17, 15) is 4.79 Å².